The Kier molecular flexibility index (Phi) is 6.73. The lowest BCUT2D eigenvalue weighted by atomic mass is 9.99. The summed E-state index contributed by atoms with van der Waals surface area (Å²) in [5.74, 6) is -1.96. The number of hydrogen-bond acceptors (Lipinski definition) is 4. The molecule has 0 saturated carbocycles. The monoisotopic (exact) mass is 381 g/mol. The fourth-order valence-electron chi connectivity index (χ4n) is 3.51. The minimum absolute atomic E-state index is 0.198. The molecule has 148 valence electrons. The number of ether oxygens (including phenoxy) is 1. The van der Waals surface area contributed by atoms with Crippen LogP contribution in [0.15, 0.2) is 18.2 Å². The lowest BCUT2D eigenvalue weighted by Gasteiger charge is -2.37. The van der Waals surface area contributed by atoms with Gasteiger partial charge in [0.1, 0.15) is 11.6 Å². The number of carbonyl (C=O) groups is 2. The summed E-state index contributed by atoms with van der Waals surface area (Å²) in [5, 5.41) is 2.41. The van der Waals surface area contributed by atoms with Crippen molar-refractivity contribution >= 4 is 11.8 Å². The van der Waals surface area contributed by atoms with Crippen molar-refractivity contribution in [3.63, 3.8) is 0 Å². The van der Waals surface area contributed by atoms with E-state index in [1.165, 1.54) is 0 Å². The number of hydrogen-bond donors (Lipinski definition) is 1. The van der Waals surface area contributed by atoms with Crippen molar-refractivity contribution in [1.29, 1.82) is 0 Å². The van der Waals surface area contributed by atoms with Crippen LogP contribution in [0.3, 0.4) is 0 Å². The number of carbonyl (C=O) groups excluding carboxylic acids is 2. The molecule has 6 nitrogen and oxygen atoms in total. The molecule has 1 aromatic rings. The molecule has 8 heteroatoms. The summed E-state index contributed by atoms with van der Waals surface area (Å²) in [6, 6.07) is 2.73. The Morgan fingerprint density at radius 3 is 2.48 bits per heavy atom. The van der Waals surface area contributed by atoms with Gasteiger partial charge in [-0.05, 0) is 30.9 Å². The number of halogens is 2. The first-order valence-corrected chi connectivity index (χ1v) is 9.34. The minimum atomic E-state index is -0.943. The Morgan fingerprint density at radius 1 is 1.11 bits per heavy atom. The lowest BCUT2D eigenvalue weighted by Crippen LogP contribution is -2.52. The van der Waals surface area contributed by atoms with E-state index in [0.29, 0.717) is 25.1 Å². The molecule has 2 fully saturated rings. The zero-order valence-electron chi connectivity index (χ0n) is 15.3. The Labute approximate surface area is 157 Å². The van der Waals surface area contributed by atoms with E-state index >= 15 is 0 Å². The largest absolute Gasteiger partial charge is 0.381 e. The highest BCUT2D eigenvalue weighted by atomic mass is 19.1. The maximum absolute atomic E-state index is 13.6. The van der Waals surface area contributed by atoms with Crippen molar-refractivity contribution < 1.29 is 23.1 Å². The molecule has 1 aromatic carbocycles. The summed E-state index contributed by atoms with van der Waals surface area (Å²) in [6.45, 7) is 5.34. The van der Waals surface area contributed by atoms with Gasteiger partial charge in [0, 0.05) is 52.0 Å². The number of amides is 2. The standard InChI is InChI=1S/C19H25F2N3O3/c20-15-1-2-16(17(21)11-15)19(26)22-12-18(25)24-7-5-23(6-8-24)13-14-3-9-27-10-4-14/h1-2,11,14H,3-10,12-13H2,(H,22,26). The summed E-state index contributed by atoms with van der Waals surface area (Å²) >= 11 is 0. The first kappa shape index (κ1) is 19.7. The van der Waals surface area contributed by atoms with Crippen LogP contribution < -0.4 is 5.32 Å². The highest BCUT2D eigenvalue weighted by Gasteiger charge is 2.24. The topological polar surface area (TPSA) is 61.9 Å². The molecular weight excluding hydrogens is 356 g/mol. The summed E-state index contributed by atoms with van der Waals surface area (Å²) in [6.07, 6.45) is 2.18. The Morgan fingerprint density at radius 2 is 1.81 bits per heavy atom. The van der Waals surface area contributed by atoms with Gasteiger partial charge in [-0.25, -0.2) is 8.78 Å². The summed E-state index contributed by atoms with van der Waals surface area (Å²) in [7, 11) is 0. The van der Waals surface area contributed by atoms with Gasteiger partial charge in [0.05, 0.1) is 12.1 Å². The van der Waals surface area contributed by atoms with Crippen LogP contribution in [0.25, 0.3) is 0 Å². The number of nitrogens with zero attached hydrogens (tertiary/aromatic N) is 2. The van der Waals surface area contributed by atoms with Gasteiger partial charge >= 0.3 is 0 Å². The molecule has 0 bridgehead atoms. The second-order valence-corrected chi connectivity index (χ2v) is 7.04. The molecule has 2 heterocycles. The Bertz CT molecular complexity index is 672. The van der Waals surface area contributed by atoms with E-state index in [-0.39, 0.29) is 18.0 Å². The number of piperazine rings is 1. The van der Waals surface area contributed by atoms with Gasteiger partial charge in [-0.3, -0.25) is 14.5 Å². The van der Waals surface area contributed by atoms with E-state index in [4.69, 9.17) is 4.74 Å². The van der Waals surface area contributed by atoms with Crippen LogP contribution in [-0.4, -0.2) is 74.1 Å². The maximum atomic E-state index is 13.6. The van der Waals surface area contributed by atoms with Crippen LogP contribution in [0.4, 0.5) is 8.78 Å². The van der Waals surface area contributed by atoms with Crippen molar-refractivity contribution in [2.45, 2.75) is 12.8 Å². The molecule has 0 unspecified atom stereocenters. The molecule has 1 N–H and O–H groups in total. The maximum Gasteiger partial charge on any atom is 0.254 e. The molecule has 2 amide bonds. The van der Waals surface area contributed by atoms with Gasteiger partial charge in [-0.15, -0.1) is 0 Å². The molecule has 0 atom stereocenters. The number of benzene rings is 1. The third kappa shape index (κ3) is 5.46. The van der Waals surface area contributed by atoms with Crippen LogP contribution >= 0.6 is 0 Å². The average molecular weight is 381 g/mol. The normalized spacial score (nSPS) is 19.1. The summed E-state index contributed by atoms with van der Waals surface area (Å²) in [4.78, 5) is 28.3. The second kappa shape index (κ2) is 9.23. The molecule has 2 aliphatic rings. The van der Waals surface area contributed by atoms with Gasteiger partial charge in [0.15, 0.2) is 0 Å². The summed E-state index contributed by atoms with van der Waals surface area (Å²) in [5.41, 5.74) is -0.273. The zero-order chi connectivity index (χ0) is 19.2. The molecule has 2 aliphatic heterocycles. The fourth-order valence-corrected chi connectivity index (χ4v) is 3.51. The number of nitrogens with one attached hydrogen (secondary N) is 1. The van der Waals surface area contributed by atoms with Gasteiger partial charge in [-0.2, -0.15) is 0 Å². The van der Waals surface area contributed by atoms with Crippen LogP contribution in [0.5, 0.6) is 0 Å². The minimum Gasteiger partial charge on any atom is -0.381 e. The lowest BCUT2D eigenvalue weighted by molar-refractivity contribution is -0.131. The fraction of sp³-hybridized carbons (Fsp3) is 0.579. The van der Waals surface area contributed by atoms with Crippen LogP contribution in [0.1, 0.15) is 23.2 Å². The van der Waals surface area contributed by atoms with Crippen molar-refractivity contribution in [2.24, 2.45) is 5.92 Å². The zero-order valence-corrected chi connectivity index (χ0v) is 15.3. The molecule has 0 aromatic heterocycles. The van der Waals surface area contributed by atoms with E-state index in [9.17, 15) is 18.4 Å². The molecule has 0 radical (unpaired) electrons. The van der Waals surface area contributed by atoms with Crippen molar-refractivity contribution in [2.75, 3.05) is 52.5 Å². The predicted octanol–water partition coefficient (Wildman–Crippen LogP) is 1.27. The van der Waals surface area contributed by atoms with E-state index in [1.807, 2.05) is 0 Å². The molecule has 2 saturated heterocycles. The first-order valence-electron chi connectivity index (χ1n) is 9.34. The molecule has 3 rings (SSSR count). The SMILES string of the molecule is O=C(NCC(=O)N1CCN(CC2CCOCC2)CC1)c1ccc(F)cc1F. The summed E-state index contributed by atoms with van der Waals surface area (Å²) < 4.78 is 31.9. The third-order valence-electron chi connectivity index (χ3n) is 5.16. The Balaban J connectivity index is 1.40. The van der Waals surface area contributed by atoms with E-state index in [2.05, 4.69) is 10.2 Å². The second-order valence-electron chi connectivity index (χ2n) is 7.04. The van der Waals surface area contributed by atoms with Gasteiger partial charge in [0.2, 0.25) is 5.91 Å². The number of rotatable bonds is 5. The molecule has 27 heavy (non-hydrogen) atoms. The van der Waals surface area contributed by atoms with Gasteiger partial charge < -0.3 is 15.0 Å². The molecule has 0 aliphatic carbocycles. The van der Waals surface area contributed by atoms with Crippen molar-refractivity contribution in [3.8, 4) is 0 Å². The van der Waals surface area contributed by atoms with Crippen LogP contribution in [0.2, 0.25) is 0 Å². The van der Waals surface area contributed by atoms with Gasteiger partial charge in [-0.1, -0.05) is 0 Å². The van der Waals surface area contributed by atoms with Crippen molar-refractivity contribution in [1.82, 2.24) is 15.1 Å². The van der Waals surface area contributed by atoms with Gasteiger partial charge in [0.25, 0.3) is 5.91 Å². The highest BCUT2D eigenvalue weighted by Crippen LogP contribution is 2.17. The molecular formula is C19H25F2N3O3. The van der Waals surface area contributed by atoms with Crippen LogP contribution in [0, 0.1) is 17.6 Å². The molecule has 0 spiro atoms. The van der Waals surface area contributed by atoms with Crippen molar-refractivity contribution in [3.05, 3.63) is 35.4 Å². The van der Waals surface area contributed by atoms with E-state index < -0.39 is 17.5 Å². The van der Waals surface area contributed by atoms with E-state index in [0.717, 1.165) is 57.8 Å². The quantitative estimate of drug-likeness (QED) is 0.834. The third-order valence-corrected chi connectivity index (χ3v) is 5.16. The first-order chi connectivity index (χ1) is 13.0. The predicted molar refractivity (Wildman–Crippen MR) is 95.3 cm³/mol. The smallest absolute Gasteiger partial charge is 0.254 e. The van der Waals surface area contributed by atoms with Crippen LogP contribution in [-0.2, 0) is 9.53 Å². The van der Waals surface area contributed by atoms with E-state index in [1.54, 1.807) is 4.90 Å². The average Bonchev–Trinajstić information content (AvgIpc) is 2.67. The Hall–Kier alpha value is -2.06. The highest BCUT2D eigenvalue weighted by molar-refractivity contribution is 5.96.